The summed E-state index contributed by atoms with van der Waals surface area (Å²) in [4.78, 5) is 25.6. The molecule has 2 heterocycles. The first-order valence-electron chi connectivity index (χ1n) is 6.39. The largest absolute Gasteiger partial charge is 0.449 e. The first-order chi connectivity index (χ1) is 11.0. The molecule has 23 heavy (non-hydrogen) atoms. The Morgan fingerprint density at radius 2 is 2.00 bits per heavy atom. The van der Waals surface area contributed by atoms with Crippen LogP contribution in [-0.4, -0.2) is 16.0 Å². The maximum absolute atomic E-state index is 13.7. The summed E-state index contributed by atoms with van der Waals surface area (Å²) in [6, 6.07) is 7.73. The van der Waals surface area contributed by atoms with Gasteiger partial charge in [-0.05, 0) is 55.8 Å². The van der Waals surface area contributed by atoms with Gasteiger partial charge in [-0.2, -0.15) is 0 Å². The van der Waals surface area contributed by atoms with Gasteiger partial charge in [0.05, 0.1) is 15.9 Å². The standard InChI is InChI=1S/C15H8Br2FNO3S/c16-10-5-9(22-13(10)17)6-12-14(20)19(15(21)23-12)7-8-3-1-2-4-11(8)18/h1-6H,7H2/b12-6-. The third-order valence-electron chi connectivity index (χ3n) is 3.10. The zero-order chi connectivity index (χ0) is 16.6. The van der Waals surface area contributed by atoms with E-state index in [4.69, 9.17) is 4.42 Å². The number of hydrogen-bond acceptors (Lipinski definition) is 4. The molecular formula is C15H8Br2FNO3S. The van der Waals surface area contributed by atoms with Crippen molar-refractivity contribution in [1.82, 2.24) is 4.90 Å². The van der Waals surface area contributed by atoms with Crippen molar-refractivity contribution in [2.75, 3.05) is 0 Å². The Morgan fingerprint density at radius 1 is 1.26 bits per heavy atom. The summed E-state index contributed by atoms with van der Waals surface area (Å²) < 4.78 is 20.3. The van der Waals surface area contributed by atoms with Crippen LogP contribution < -0.4 is 0 Å². The first-order valence-corrected chi connectivity index (χ1v) is 8.79. The molecule has 0 atom stereocenters. The highest BCUT2D eigenvalue weighted by molar-refractivity contribution is 9.13. The van der Waals surface area contributed by atoms with Gasteiger partial charge in [0.2, 0.25) is 0 Å². The fourth-order valence-corrected chi connectivity index (χ4v) is 3.42. The van der Waals surface area contributed by atoms with Crippen LogP contribution in [0.25, 0.3) is 6.08 Å². The molecule has 2 amide bonds. The lowest BCUT2D eigenvalue weighted by Gasteiger charge is -2.12. The van der Waals surface area contributed by atoms with Crippen LogP contribution in [0.15, 0.2) is 48.8 Å². The van der Waals surface area contributed by atoms with Crippen LogP contribution in [0.3, 0.4) is 0 Å². The molecule has 0 unspecified atom stereocenters. The van der Waals surface area contributed by atoms with Crippen LogP contribution in [0, 0.1) is 5.82 Å². The van der Waals surface area contributed by atoms with Crippen LogP contribution in [0.2, 0.25) is 0 Å². The summed E-state index contributed by atoms with van der Waals surface area (Å²) in [6.07, 6.45) is 1.49. The van der Waals surface area contributed by atoms with Crippen molar-refractivity contribution in [3.63, 3.8) is 0 Å². The number of benzene rings is 1. The minimum absolute atomic E-state index is 0.0970. The van der Waals surface area contributed by atoms with Gasteiger partial charge in [-0.3, -0.25) is 14.5 Å². The van der Waals surface area contributed by atoms with Crippen LogP contribution in [0.1, 0.15) is 11.3 Å². The summed E-state index contributed by atoms with van der Waals surface area (Å²) in [5.41, 5.74) is 0.291. The number of halogens is 3. The Hall–Kier alpha value is -1.38. The van der Waals surface area contributed by atoms with Gasteiger partial charge in [0.15, 0.2) is 4.67 Å². The topological polar surface area (TPSA) is 50.5 Å². The smallest absolute Gasteiger partial charge is 0.293 e. The van der Waals surface area contributed by atoms with Gasteiger partial charge < -0.3 is 4.42 Å². The van der Waals surface area contributed by atoms with Gasteiger partial charge in [0.1, 0.15) is 11.6 Å². The maximum atomic E-state index is 13.7. The van der Waals surface area contributed by atoms with Gasteiger partial charge in [-0.1, -0.05) is 18.2 Å². The van der Waals surface area contributed by atoms with Gasteiger partial charge in [-0.25, -0.2) is 4.39 Å². The highest BCUT2D eigenvalue weighted by atomic mass is 79.9. The molecule has 1 aliphatic rings. The molecule has 0 radical (unpaired) electrons. The number of carbonyl (C=O) groups is 2. The Bertz CT molecular complexity index is 814. The van der Waals surface area contributed by atoms with Crippen LogP contribution in [0.4, 0.5) is 9.18 Å². The van der Waals surface area contributed by atoms with E-state index in [2.05, 4.69) is 31.9 Å². The van der Waals surface area contributed by atoms with E-state index in [0.717, 1.165) is 16.7 Å². The lowest BCUT2D eigenvalue weighted by Crippen LogP contribution is -2.27. The molecular weight excluding hydrogens is 453 g/mol. The van der Waals surface area contributed by atoms with Crippen molar-refractivity contribution >= 4 is 60.8 Å². The molecule has 0 saturated carbocycles. The zero-order valence-corrected chi connectivity index (χ0v) is 15.4. The number of nitrogens with zero attached hydrogens (tertiary/aromatic N) is 1. The third-order valence-corrected chi connectivity index (χ3v) is 5.71. The van der Waals surface area contributed by atoms with Gasteiger partial charge in [0.25, 0.3) is 11.1 Å². The Labute approximate surface area is 152 Å². The van der Waals surface area contributed by atoms with E-state index in [0.29, 0.717) is 20.5 Å². The van der Waals surface area contributed by atoms with Crippen molar-refractivity contribution in [3.8, 4) is 0 Å². The molecule has 2 aromatic rings. The van der Waals surface area contributed by atoms with Gasteiger partial charge in [0, 0.05) is 11.6 Å². The second-order valence-electron chi connectivity index (χ2n) is 4.63. The number of imide groups is 1. The fourth-order valence-electron chi connectivity index (χ4n) is 2.00. The molecule has 0 N–H and O–H groups in total. The van der Waals surface area contributed by atoms with E-state index >= 15 is 0 Å². The van der Waals surface area contributed by atoms with Crippen molar-refractivity contribution in [2.24, 2.45) is 0 Å². The third kappa shape index (κ3) is 3.44. The predicted molar refractivity (Wildman–Crippen MR) is 92.0 cm³/mol. The number of furan rings is 1. The number of carbonyl (C=O) groups excluding carboxylic acids is 2. The van der Waals surface area contributed by atoms with Crippen LogP contribution >= 0.6 is 43.6 Å². The van der Waals surface area contributed by atoms with Gasteiger partial charge >= 0.3 is 0 Å². The lowest BCUT2D eigenvalue weighted by atomic mass is 10.2. The van der Waals surface area contributed by atoms with Gasteiger partial charge in [-0.15, -0.1) is 0 Å². The van der Waals surface area contributed by atoms with Crippen molar-refractivity contribution < 1.29 is 18.4 Å². The maximum Gasteiger partial charge on any atom is 0.293 e. The molecule has 0 bridgehead atoms. The summed E-state index contributed by atoms with van der Waals surface area (Å²) in [5, 5.41) is -0.436. The number of rotatable bonds is 3. The average molecular weight is 461 g/mol. The second-order valence-corrected chi connectivity index (χ2v) is 7.20. The number of thioether (sulfide) groups is 1. The quantitative estimate of drug-likeness (QED) is 0.592. The Morgan fingerprint density at radius 3 is 2.65 bits per heavy atom. The summed E-state index contributed by atoms with van der Waals surface area (Å²) in [7, 11) is 0. The van der Waals surface area contributed by atoms with E-state index < -0.39 is 17.0 Å². The molecule has 1 aromatic carbocycles. The van der Waals surface area contributed by atoms with Crippen LogP contribution in [0.5, 0.6) is 0 Å². The summed E-state index contributed by atoms with van der Waals surface area (Å²) in [6.45, 7) is -0.0970. The molecule has 3 rings (SSSR count). The van der Waals surface area contributed by atoms with Crippen molar-refractivity contribution in [2.45, 2.75) is 6.54 Å². The van der Waals surface area contributed by atoms with E-state index in [1.54, 1.807) is 24.3 Å². The van der Waals surface area contributed by atoms with Crippen LogP contribution in [-0.2, 0) is 11.3 Å². The molecule has 1 aromatic heterocycles. The molecule has 118 valence electrons. The predicted octanol–water partition coefficient (Wildman–Crippen LogP) is 5.18. The highest BCUT2D eigenvalue weighted by Gasteiger charge is 2.35. The van der Waals surface area contributed by atoms with E-state index in [9.17, 15) is 14.0 Å². The molecule has 4 nitrogen and oxygen atoms in total. The first kappa shape index (κ1) is 16.5. The minimum Gasteiger partial charge on any atom is -0.449 e. The van der Waals surface area contributed by atoms with E-state index in [1.807, 2.05) is 0 Å². The van der Waals surface area contributed by atoms with Crippen molar-refractivity contribution in [3.05, 3.63) is 61.5 Å². The normalized spacial score (nSPS) is 16.7. The molecule has 0 aliphatic carbocycles. The monoisotopic (exact) mass is 459 g/mol. The van der Waals surface area contributed by atoms with E-state index in [1.165, 1.54) is 12.1 Å². The molecule has 0 spiro atoms. The molecule has 1 saturated heterocycles. The van der Waals surface area contributed by atoms with Crippen molar-refractivity contribution in [1.29, 1.82) is 0 Å². The second kappa shape index (κ2) is 6.62. The highest BCUT2D eigenvalue weighted by Crippen LogP contribution is 2.35. The minimum atomic E-state index is -0.466. The molecule has 1 aliphatic heterocycles. The number of amides is 2. The Kier molecular flexibility index (Phi) is 4.74. The van der Waals surface area contributed by atoms with E-state index in [-0.39, 0.29) is 11.4 Å². The molecule has 1 fully saturated rings. The lowest BCUT2D eigenvalue weighted by molar-refractivity contribution is -0.123. The SMILES string of the molecule is O=C1S/C(=C\c2cc(Br)c(Br)o2)C(=O)N1Cc1ccccc1F. The summed E-state index contributed by atoms with van der Waals surface area (Å²) >= 11 is 7.28. The Balaban J connectivity index is 1.84. The number of hydrogen-bond donors (Lipinski definition) is 0. The fraction of sp³-hybridized carbons (Fsp3) is 0.0667. The zero-order valence-electron chi connectivity index (χ0n) is 11.4. The molecule has 8 heteroatoms. The average Bonchev–Trinajstić information content (AvgIpc) is 2.95. The summed E-state index contributed by atoms with van der Waals surface area (Å²) in [5.74, 6) is -0.485.